The summed E-state index contributed by atoms with van der Waals surface area (Å²) in [5.74, 6) is 1.49. The van der Waals surface area contributed by atoms with Crippen LogP contribution in [0.2, 0.25) is 10.0 Å². The first-order valence-electron chi connectivity index (χ1n) is 10.4. The number of carbonyl (C=O) groups is 1. The van der Waals surface area contributed by atoms with Gasteiger partial charge in [-0.1, -0.05) is 29.3 Å². The smallest absolute Gasteiger partial charge is 0.260 e. The van der Waals surface area contributed by atoms with Crippen molar-refractivity contribution >= 4 is 34.9 Å². The van der Waals surface area contributed by atoms with E-state index < -0.39 is 0 Å². The second kappa shape index (κ2) is 9.76. The molecule has 6 nitrogen and oxygen atoms in total. The van der Waals surface area contributed by atoms with E-state index in [0.29, 0.717) is 41.9 Å². The molecule has 1 amide bonds. The number of amides is 1. The van der Waals surface area contributed by atoms with Crippen LogP contribution >= 0.6 is 23.2 Å². The molecule has 32 heavy (non-hydrogen) atoms. The van der Waals surface area contributed by atoms with Crippen molar-refractivity contribution in [1.82, 2.24) is 15.1 Å². The van der Waals surface area contributed by atoms with Crippen molar-refractivity contribution in [2.45, 2.75) is 13.8 Å². The number of aromatic nitrogens is 2. The highest BCUT2D eigenvalue weighted by Crippen LogP contribution is 2.29. The molecule has 1 aliphatic heterocycles. The number of anilines is 1. The Hall–Kier alpha value is -2.83. The van der Waals surface area contributed by atoms with E-state index in [-0.39, 0.29) is 12.5 Å². The van der Waals surface area contributed by atoms with Gasteiger partial charge in [-0.3, -0.25) is 4.79 Å². The Bertz CT molecular complexity index is 1090. The Morgan fingerprint density at radius 1 is 0.938 bits per heavy atom. The molecule has 3 aromatic rings. The van der Waals surface area contributed by atoms with Crippen LogP contribution in [0.15, 0.2) is 48.5 Å². The Morgan fingerprint density at radius 2 is 1.66 bits per heavy atom. The maximum absolute atomic E-state index is 12.6. The fourth-order valence-electron chi connectivity index (χ4n) is 3.77. The number of piperazine rings is 1. The average Bonchev–Trinajstić information content (AvgIpc) is 2.77. The van der Waals surface area contributed by atoms with E-state index in [4.69, 9.17) is 27.9 Å². The van der Waals surface area contributed by atoms with Crippen molar-refractivity contribution < 1.29 is 9.53 Å². The predicted molar refractivity (Wildman–Crippen MR) is 128 cm³/mol. The topological polar surface area (TPSA) is 58.6 Å². The highest BCUT2D eigenvalue weighted by Gasteiger charge is 2.22. The standard InChI is InChI=1S/C24H24Cl2N4O2/c1-16-11-17(2)13-19(12-16)32-15-24(31)30-9-7-29(8-10-30)23-6-5-22(27-28-23)20-4-3-18(25)14-21(20)26/h3-6,11-14H,7-10,15H2,1-2H3. The van der Waals surface area contributed by atoms with Crippen LogP contribution < -0.4 is 9.64 Å². The summed E-state index contributed by atoms with van der Waals surface area (Å²) in [4.78, 5) is 16.5. The van der Waals surface area contributed by atoms with Gasteiger partial charge in [0.1, 0.15) is 5.75 Å². The number of aryl methyl sites for hydroxylation is 2. The Kier molecular flexibility index (Phi) is 6.82. The van der Waals surface area contributed by atoms with Crippen molar-refractivity contribution in [3.63, 3.8) is 0 Å². The van der Waals surface area contributed by atoms with Crippen LogP contribution in [-0.2, 0) is 4.79 Å². The van der Waals surface area contributed by atoms with Crippen LogP contribution in [0.3, 0.4) is 0 Å². The van der Waals surface area contributed by atoms with Gasteiger partial charge in [0.2, 0.25) is 0 Å². The van der Waals surface area contributed by atoms with Crippen molar-refractivity contribution in [2.75, 3.05) is 37.7 Å². The Morgan fingerprint density at radius 3 is 2.28 bits per heavy atom. The van der Waals surface area contributed by atoms with Crippen LogP contribution in [0.4, 0.5) is 5.82 Å². The molecule has 0 radical (unpaired) electrons. The number of carbonyl (C=O) groups excluding carboxylic acids is 1. The van der Waals surface area contributed by atoms with E-state index in [1.54, 1.807) is 12.1 Å². The second-order valence-corrected chi connectivity index (χ2v) is 8.72. The van der Waals surface area contributed by atoms with Crippen molar-refractivity contribution in [3.8, 4) is 17.0 Å². The van der Waals surface area contributed by atoms with E-state index in [1.807, 2.05) is 49.1 Å². The van der Waals surface area contributed by atoms with E-state index in [2.05, 4.69) is 21.2 Å². The largest absolute Gasteiger partial charge is 0.484 e. The first-order chi connectivity index (χ1) is 15.4. The summed E-state index contributed by atoms with van der Waals surface area (Å²) in [5, 5.41) is 9.80. The lowest BCUT2D eigenvalue weighted by Gasteiger charge is -2.35. The fourth-order valence-corrected chi connectivity index (χ4v) is 4.28. The maximum Gasteiger partial charge on any atom is 0.260 e. The molecular formula is C24H24Cl2N4O2. The average molecular weight is 471 g/mol. The van der Waals surface area contributed by atoms with Crippen LogP contribution in [-0.4, -0.2) is 53.8 Å². The molecule has 1 aromatic heterocycles. The lowest BCUT2D eigenvalue weighted by Crippen LogP contribution is -2.50. The molecule has 2 aromatic carbocycles. The van der Waals surface area contributed by atoms with Gasteiger partial charge < -0.3 is 14.5 Å². The minimum Gasteiger partial charge on any atom is -0.484 e. The Balaban J connectivity index is 1.31. The van der Waals surface area contributed by atoms with Gasteiger partial charge in [-0.2, -0.15) is 0 Å². The second-order valence-electron chi connectivity index (χ2n) is 7.88. The summed E-state index contributed by atoms with van der Waals surface area (Å²) >= 11 is 12.2. The van der Waals surface area contributed by atoms with E-state index in [9.17, 15) is 4.79 Å². The van der Waals surface area contributed by atoms with E-state index in [1.165, 1.54) is 0 Å². The predicted octanol–water partition coefficient (Wildman–Crippen LogP) is 4.79. The molecule has 0 aliphatic carbocycles. The highest BCUT2D eigenvalue weighted by molar-refractivity contribution is 6.36. The van der Waals surface area contributed by atoms with Crippen LogP contribution in [0, 0.1) is 13.8 Å². The van der Waals surface area contributed by atoms with Crippen molar-refractivity contribution in [1.29, 1.82) is 0 Å². The summed E-state index contributed by atoms with van der Waals surface area (Å²) in [6, 6.07) is 15.1. The Labute approximate surface area is 197 Å². The first kappa shape index (κ1) is 22.4. The summed E-state index contributed by atoms with van der Waals surface area (Å²) < 4.78 is 5.72. The molecule has 0 N–H and O–H groups in total. The quantitative estimate of drug-likeness (QED) is 0.536. The maximum atomic E-state index is 12.6. The molecule has 8 heteroatoms. The van der Waals surface area contributed by atoms with Crippen LogP contribution in [0.25, 0.3) is 11.3 Å². The third-order valence-electron chi connectivity index (χ3n) is 5.37. The number of rotatable bonds is 5. The lowest BCUT2D eigenvalue weighted by atomic mass is 10.1. The summed E-state index contributed by atoms with van der Waals surface area (Å²) in [6.07, 6.45) is 0. The van der Waals surface area contributed by atoms with Gasteiger partial charge in [0.15, 0.2) is 12.4 Å². The minimum atomic E-state index is -0.0115. The molecule has 0 bridgehead atoms. The zero-order chi connectivity index (χ0) is 22.7. The summed E-state index contributed by atoms with van der Waals surface area (Å²) in [5.41, 5.74) is 3.71. The molecule has 2 heterocycles. The van der Waals surface area contributed by atoms with Gasteiger partial charge in [0.25, 0.3) is 5.91 Å². The molecule has 4 rings (SSSR count). The first-order valence-corrected chi connectivity index (χ1v) is 11.2. The normalized spacial score (nSPS) is 13.9. The zero-order valence-electron chi connectivity index (χ0n) is 18.0. The number of nitrogens with zero attached hydrogens (tertiary/aromatic N) is 4. The molecule has 0 unspecified atom stereocenters. The molecule has 0 atom stereocenters. The van der Waals surface area contributed by atoms with E-state index >= 15 is 0 Å². The van der Waals surface area contributed by atoms with Gasteiger partial charge in [0, 0.05) is 36.8 Å². The molecule has 1 aliphatic rings. The van der Waals surface area contributed by atoms with Gasteiger partial charge in [0.05, 0.1) is 10.7 Å². The zero-order valence-corrected chi connectivity index (χ0v) is 19.5. The lowest BCUT2D eigenvalue weighted by molar-refractivity contribution is -0.133. The monoisotopic (exact) mass is 470 g/mol. The van der Waals surface area contributed by atoms with Crippen molar-refractivity contribution in [2.24, 2.45) is 0 Å². The summed E-state index contributed by atoms with van der Waals surface area (Å²) in [6.45, 7) is 6.67. The number of benzene rings is 2. The molecule has 166 valence electrons. The van der Waals surface area contributed by atoms with Crippen molar-refractivity contribution in [3.05, 3.63) is 69.7 Å². The number of hydrogen-bond acceptors (Lipinski definition) is 5. The third kappa shape index (κ3) is 5.31. The van der Waals surface area contributed by atoms with Gasteiger partial charge >= 0.3 is 0 Å². The van der Waals surface area contributed by atoms with Gasteiger partial charge in [-0.25, -0.2) is 0 Å². The van der Waals surface area contributed by atoms with Crippen LogP contribution in [0.1, 0.15) is 11.1 Å². The number of halogens is 2. The molecule has 0 saturated carbocycles. The molecule has 1 fully saturated rings. The van der Waals surface area contributed by atoms with Crippen LogP contribution in [0.5, 0.6) is 5.75 Å². The number of hydrogen-bond donors (Lipinski definition) is 0. The third-order valence-corrected chi connectivity index (χ3v) is 5.92. The highest BCUT2D eigenvalue weighted by atomic mass is 35.5. The molecular weight excluding hydrogens is 447 g/mol. The van der Waals surface area contributed by atoms with Gasteiger partial charge in [-0.15, -0.1) is 10.2 Å². The minimum absolute atomic E-state index is 0.0115. The fraction of sp³-hybridized carbons (Fsp3) is 0.292. The van der Waals surface area contributed by atoms with Gasteiger partial charge in [-0.05, 0) is 67.4 Å². The summed E-state index contributed by atoms with van der Waals surface area (Å²) in [7, 11) is 0. The number of ether oxygens (including phenoxy) is 1. The van der Waals surface area contributed by atoms with E-state index in [0.717, 1.165) is 28.3 Å². The molecule has 1 saturated heterocycles. The SMILES string of the molecule is Cc1cc(C)cc(OCC(=O)N2CCN(c3ccc(-c4ccc(Cl)cc4Cl)nn3)CC2)c1. The molecule has 0 spiro atoms.